The number of nitrogens with zero attached hydrogens (tertiary/aromatic N) is 1. The van der Waals surface area contributed by atoms with Crippen molar-refractivity contribution < 1.29 is 14.7 Å². The number of aromatic nitrogens is 1. The number of hydrogen-bond donors (Lipinski definition) is 2. The fourth-order valence-electron chi connectivity index (χ4n) is 2.74. The number of carbonyl (C=O) groups is 2. The van der Waals surface area contributed by atoms with Crippen LogP contribution in [0.2, 0.25) is 0 Å². The molecule has 20 heavy (non-hydrogen) atoms. The number of carboxylic acid groups (broad SMARTS) is 1. The third kappa shape index (κ3) is 4.03. The van der Waals surface area contributed by atoms with Crippen molar-refractivity contribution >= 4 is 23.2 Å². The lowest BCUT2D eigenvalue weighted by atomic mass is 9.79. The summed E-state index contributed by atoms with van der Waals surface area (Å²) in [5.41, 5.74) is 0.781. The van der Waals surface area contributed by atoms with E-state index in [1.165, 1.54) is 11.3 Å². The maximum atomic E-state index is 11.8. The molecular weight excluding hydrogens is 276 g/mol. The molecule has 0 bridgehead atoms. The number of rotatable bonds is 5. The molecule has 1 heterocycles. The van der Waals surface area contributed by atoms with Gasteiger partial charge in [-0.05, 0) is 25.7 Å². The van der Waals surface area contributed by atoms with Gasteiger partial charge >= 0.3 is 5.97 Å². The van der Waals surface area contributed by atoms with E-state index in [-0.39, 0.29) is 24.2 Å². The van der Waals surface area contributed by atoms with Crippen molar-refractivity contribution in [2.24, 2.45) is 11.8 Å². The third-order valence-corrected chi connectivity index (χ3v) is 4.62. The predicted octanol–water partition coefficient (Wildman–Crippen LogP) is 2.00. The van der Waals surface area contributed by atoms with Gasteiger partial charge in [-0.25, -0.2) is 4.98 Å². The summed E-state index contributed by atoms with van der Waals surface area (Å²) in [5, 5.41) is 14.9. The highest BCUT2D eigenvalue weighted by Crippen LogP contribution is 2.29. The number of hydrogen-bond acceptors (Lipinski definition) is 4. The molecule has 1 aliphatic carbocycles. The monoisotopic (exact) mass is 296 g/mol. The Kier molecular flexibility index (Phi) is 5.11. The van der Waals surface area contributed by atoms with Gasteiger partial charge in [-0.2, -0.15) is 0 Å². The Morgan fingerprint density at radius 2 is 2.20 bits per heavy atom. The zero-order chi connectivity index (χ0) is 14.5. The van der Waals surface area contributed by atoms with E-state index in [9.17, 15) is 14.7 Å². The van der Waals surface area contributed by atoms with Gasteiger partial charge in [0.1, 0.15) is 0 Å². The molecule has 0 aliphatic heterocycles. The van der Waals surface area contributed by atoms with Crippen LogP contribution in [0.15, 0.2) is 5.38 Å². The van der Waals surface area contributed by atoms with Crippen molar-refractivity contribution in [1.82, 2.24) is 10.3 Å². The first-order valence-corrected chi connectivity index (χ1v) is 7.84. The van der Waals surface area contributed by atoms with Gasteiger partial charge in [-0.1, -0.05) is 12.8 Å². The Balaban J connectivity index is 1.81. The molecule has 2 atom stereocenters. The summed E-state index contributed by atoms with van der Waals surface area (Å²) < 4.78 is 0. The van der Waals surface area contributed by atoms with Gasteiger partial charge in [0.05, 0.1) is 23.0 Å². The molecule has 110 valence electrons. The number of aliphatic carboxylic acids is 1. The number of nitrogens with one attached hydrogen (secondary N) is 1. The van der Waals surface area contributed by atoms with E-state index in [0.717, 1.165) is 36.4 Å². The van der Waals surface area contributed by atoms with Crippen LogP contribution in [0.4, 0.5) is 0 Å². The topological polar surface area (TPSA) is 79.3 Å². The molecule has 1 aromatic heterocycles. The van der Waals surface area contributed by atoms with Crippen molar-refractivity contribution in [3.8, 4) is 0 Å². The van der Waals surface area contributed by atoms with Crippen LogP contribution in [0.3, 0.4) is 0 Å². The summed E-state index contributed by atoms with van der Waals surface area (Å²) >= 11 is 1.53. The summed E-state index contributed by atoms with van der Waals surface area (Å²) in [6, 6.07) is 0. The van der Waals surface area contributed by atoms with Crippen molar-refractivity contribution in [1.29, 1.82) is 0 Å². The van der Waals surface area contributed by atoms with Crippen LogP contribution < -0.4 is 5.32 Å². The maximum absolute atomic E-state index is 11.8. The number of aryl methyl sites for hydroxylation is 1. The molecule has 1 aliphatic rings. The largest absolute Gasteiger partial charge is 0.481 e. The van der Waals surface area contributed by atoms with Gasteiger partial charge in [0.2, 0.25) is 5.91 Å². The lowest BCUT2D eigenvalue weighted by molar-refractivity contribution is -0.145. The number of carbonyl (C=O) groups excluding carboxylic acids is 1. The average molecular weight is 296 g/mol. The SMILES string of the molecule is Cc1nc(CC(=O)NCC2CCCCC2C(=O)O)cs1. The lowest BCUT2D eigenvalue weighted by Gasteiger charge is -2.28. The van der Waals surface area contributed by atoms with E-state index in [2.05, 4.69) is 10.3 Å². The van der Waals surface area contributed by atoms with Crippen LogP contribution in [0, 0.1) is 18.8 Å². The number of amides is 1. The molecule has 0 spiro atoms. The molecule has 1 saturated carbocycles. The average Bonchev–Trinajstić information content (AvgIpc) is 2.82. The summed E-state index contributed by atoms with van der Waals surface area (Å²) in [6.45, 7) is 2.37. The van der Waals surface area contributed by atoms with Crippen molar-refractivity contribution in [3.05, 3.63) is 16.1 Å². The highest BCUT2D eigenvalue weighted by molar-refractivity contribution is 7.09. The summed E-state index contributed by atoms with van der Waals surface area (Å²) in [7, 11) is 0. The Labute approximate surface area is 122 Å². The molecule has 1 amide bonds. The second-order valence-corrected chi connectivity index (χ2v) is 6.39. The zero-order valence-corrected chi connectivity index (χ0v) is 12.4. The number of carboxylic acids is 1. The molecule has 2 unspecified atom stereocenters. The normalized spacial score (nSPS) is 22.4. The highest BCUT2D eigenvalue weighted by Gasteiger charge is 2.30. The van der Waals surface area contributed by atoms with E-state index in [4.69, 9.17) is 0 Å². The molecule has 1 fully saturated rings. The van der Waals surface area contributed by atoms with Crippen LogP contribution in [0.5, 0.6) is 0 Å². The van der Waals surface area contributed by atoms with Crippen molar-refractivity contribution in [3.63, 3.8) is 0 Å². The van der Waals surface area contributed by atoms with Crippen LogP contribution >= 0.6 is 11.3 Å². The Morgan fingerprint density at radius 3 is 2.85 bits per heavy atom. The molecule has 0 radical (unpaired) electrons. The standard InChI is InChI=1S/C14H20N2O3S/c1-9-16-11(8-20-9)6-13(17)15-7-10-4-2-3-5-12(10)14(18)19/h8,10,12H,2-7H2,1H3,(H,15,17)(H,18,19). The van der Waals surface area contributed by atoms with Gasteiger partial charge in [-0.3, -0.25) is 9.59 Å². The second kappa shape index (κ2) is 6.83. The number of thiazole rings is 1. The first-order valence-electron chi connectivity index (χ1n) is 6.96. The fraction of sp³-hybridized carbons (Fsp3) is 0.643. The van der Waals surface area contributed by atoms with Crippen LogP contribution in [-0.2, 0) is 16.0 Å². The molecule has 0 aromatic carbocycles. The van der Waals surface area contributed by atoms with Crippen LogP contribution in [0.1, 0.15) is 36.4 Å². The fourth-order valence-corrected chi connectivity index (χ4v) is 3.35. The van der Waals surface area contributed by atoms with Crippen LogP contribution in [-0.4, -0.2) is 28.5 Å². The van der Waals surface area contributed by atoms with Gasteiger partial charge < -0.3 is 10.4 Å². The highest BCUT2D eigenvalue weighted by atomic mass is 32.1. The summed E-state index contributed by atoms with van der Waals surface area (Å²) in [6.07, 6.45) is 3.90. The van der Waals surface area contributed by atoms with Gasteiger partial charge in [0, 0.05) is 11.9 Å². The van der Waals surface area contributed by atoms with Crippen LogP contribution in [0.25, 0.3) is 0 Å². The second-order valence-electron chi connectivity index (χ2n) is 5.33. The molecule has 1 aromatic rings. The first kappa shape index (κ1) is 15.0. The van der Waals surface area contributed by atoms with E-state index in [1.807, 2.05) is 12.3 Å². The van der Waals surface area contributed by atoms with Gasteiger partial charge in [-0.15, -0.1) is 11.3 Å². The van der Waals surface area contributed by atoms with Gasteiger partial charge in [0.25, 0.3) is 0 Å². The maximum Gasteiger partial charge on any atom is 0.306 e. The van der Waals surface area contributed by atoms with Crippen molar-refractivity contribution in [2.75, 3.05) is 6.54 Å². The lowest BCUT2D eigenvalue weighted by Crippen LogP contribution is -2.37. The zero-order valence-electron chi connectivity index (χ0n) is 11.6. The molecule has 2 N–H and O–H groups in total. The van der Waals surface area contributed by atoms with E-state index < -0.39 is 5.97 Å². The molecular formula is C14H20N2O3S. The molecule has 2 rings (SSSR count). The van der Waals surface area contributed by atoms with E-state index in [1.54, 1.807) is 0 Å². The minimum Gasteiger partial charge on any atom is -0.481 e. The summed E-state index contributed by atoms with van der Waals surface area (Å²) in [4.78, 5) is 27.3. The minimum atomic E-state index is -0.737. The summed E-state index contributed by atoms with van der Waals surface area (Å²) in [5.74, 6) is -1.07. The molecule has 6 heteroatoms. The minimum absolute atomic E-state index is 0.0578. The van der Waals surface area contributed by atoms with E-state index >= 15 is 0 Å². The predicted molar refractivity (Wildman–Crippen MR) is 76.6 cm³/mol. The van der Waals surface area contributed by atoms with Gasteiger partial charge in [0.15, 0.2) is 0 Å². The molecule has 5 nitrogen and oxygen atoms in total. The Bertz CT molecular complexity index is 487. The first-order chi connectivity index (χ1) is 9.56. The Morgan fingerprint density at radius 1 is 1.45 bits per heavy atom. The van der Waals surface area contributed by atoms with Crippen molar-refractivity contribution in [2.45, 2.75) is 39.0 Å². The quantitative estimate of drug-likeness (QED) is 0.871. The third-order valence-electron chi connectivity index (χ3n) is 3.80. The smallest absolute Gasteiger partial charge is 0.306 e. The van der Waals surface area contributed by atoms with E-state index in [0.29, 0.717) is 6.54 Å². The molecule has 0 saturated heterocycles. The Hall–Kier alpha value is -1.43.